The van der Waals surface area contributed by atoms with Crippen LogP contribution in [-0.2, 0) is 9.53 Å². The van der Waals surface area contributed by atoms with E-state index in [1.165, 1.54) is 6.08 Å². The maximum atomic E-state index is 13.1. The van der Waals surface area contributed by atoms with Crippen LogP contribution < -0.4 is 9.64 Å². The predicted molar refractivity (Wildman–Crippen MR) is 141 cm³/mol. The summed E-state index contributed by atoms with van der Waals surface area (Å²) in [6.45, 7) is 8.32. The van der Waals surface area contributed by atoms with E-state index in [1.807, 2.05) is 51.1 Å². The molecular formula is C25H33Cl2N3O5. The number of benzene rings is 1. The molecule has 35 heavy (non-hydrogen) atoms. The molecule has 1 amide bonds. The molecule has 1 fully saturated rings. The number of amides is 1. The molecule has 0 radical (unpaired) electrons. The fourth-order valence-corrected chi connectivity index (χ4v) is 3.58. The van der Waals surface area contributed by atoms with Gasteiger partial charge in [-0.1, -0.05) is 18.2 Å². The van der Waals surface area contributed by atoms with Crippen LogP contribution in [0.5, 0.6) is 5.75 Å². The second kappa shape index (κ2) is 13.9. The van der Waals surface area contributed by atoms with E-state index in [-0.39, 0.29) is 30.9 Å². The Morgan fingerprint density at radius 3 is 2.49 bits per heavy atom. The quantitative estimate of drug-likeness (QED) is 0.489. The second-order valence-corrected chi connectivity index (χ2v) is 8.88. The van der Waals surface area contributed by atoms with Crippen molar-refractivity contribution in [3.63, 3.8) is 0 Å². The summed E-state index contributed by atoms with van der Waals surface area (Å²) < 4.78 is 11.5. The van der Waals surface area contributed by atoms with Gasteiger partial charge in [0, 0.05) is 31.9 Å². The second-order valence-electron chi connectivity index (χ2n) is 8.88. The fourth-order valence-electron chi connectivity index (χ4n) is 3.58. The molecule has 2 aromatic rings. The van der Waals surface area contributed by atoms with E-state index in [0.29, 0.717) is 24.5 Å². The van der Waals surface area contributed by atoms with Crippen molar-refractivity contribution in [2.75, 3.05) is 31.1 Å². The van der Waals surface area contributed by atoms with Crippen molar-refractivity contribution in [1.29, 1.82) is 0 Å². The molecular weight excluding hydrogens is 493 g/mol. The van der Waals surface area contributed by atoms with Crippen molar-refractivity contribution in [3.05, 3.63) is 60.3 Å². The number of nitrogens with zero attached hydrogens (tertiary/aromatic N) is 3. The number of halogens is 2. The van der Waals surface area contributed by atoms with Gasteiger partial charge in [0.15, 0.2) is 0 Å². The Kier molecular flexibility index (Phi) is 12.0. The summed E-state index contributed by atoms with van der Waals surface area (Å²) in [4.78, 5) is 32.1. The number of para-hydroxylation sites is 1. The summed E-state index contributed by atoms with van der Waals surface area (Å²) in [5.41, 5.74) is -0.00203. The zero-order valence-electron chi connectivity index (χ0n) is 20.1. The van der Waals surface area contributed by atoms with Gasteiger partial charge < -0.3 is 14.6 Å². The Labute approximate surface area is 218 Å². The lowest BCUT2D eigenvalue weighted by atomic mass is 10.2. The van der Waals surface area contributed by atoms with Gasteiger partial charge >= 0.3 is 12.1 Å². The molecule has 0 aliphatic carbocycles. The van der Waals surface area contributed by atoms with Crippen molar-refractivity contribution in [2.24, 2.45) is 0 Å². The van der Waals surface area contributed by atoms with Crippen molar-refractivity contribution in [3.8, 4) is 5.75 Å². The summed E-state index contributed by atoms with van der Waals surface area (Å²) in [7, 11) is 0. The normalized spacial score (nSPS) is 15.7. The molecule has 1 atom stereocenters. The molecule has 0 bridgehead atoms. The summed E-state index contributed by atoms with van der Waals surface area (Å²) in [5.74, 6) is 0.283. The van der Waals surface area contributed by atoms with Crippen molar-refractivity contribution < 1.29 is 24.2 Å². The van der Waals surface area contributed by atoms with Gasteiger partial charge in [-0.05, 0) is 63.1 Å². The molecule has 0 unspecified atom stereocenters. The third-order valence-corrected chi connectivity index (χ3v) is 5.06. The lowest BCUT2D eigenvalue weighted by molar-refractivity contribution is -0.131. The molecule has 1 N–H and O–H groups in total. The first-order valence-corrected chi connectivity index (χ1v) is 11.0. The van der Waals surface area contributed by atoms with Crippen LogP contribution in [0.1, 0.15) is 32.8 Å². The molecule has 1 aromatic carbocycles. The third-order valence-electron chi connectivity index (χ3n) is 5.06. The Bertz CT molecular complexity index is 965. The maximum absolute atomic E-state index is 13.1. The lowest BCUT2D eigenvalue weighted by Gasteiger charge is -2.31. The average Bonchev–Trinajstić information content (AvgIpc) is 3.21. The van der Waals surface area contributed by atoms with E-state index in [2.05, 4.69) is 9.88 Å². The molecule has 1 saturated heterocycles. The highest BCUT2D eigenvalue weighted by Gasteiger charge is 2.35. The van der Waals surface area contributed by atoms with E-state index < -0.39 is 17.7 Å². The molecule has 192 valence electrons. The highest BCUT2D eigenvalue weighted by atomic mass is 35.5. The molecule has 1 aliphatic rings. The Morgan fingerprint density at radius 1 is 1.17 bits per heavy atom. The molecule has 8 nitrogen and oxygen atoms in total. The highest BCUT2D eigenvalue weighted by molar-refractivity contribution is 5.88. The van der Waals surface area contributed by atoms with Gasteiger partial charge in [0.1, 0.15) is 23.8 Å². The molecule has 3 rings (SSSR count). The van der Waals surface area contributed by atoms with E-state index in [9.17, 15) is 9.59 Å². The van der Waals surface area contributed by atoms with Gasteiger partial charge in [-0.25, -0.2) is 14.6 Å². The van der Waals surface area contributed by atoms with E-state index >= 15 is 0 Å². The van der Waals surface area contributed by atoms with Crippen molar-refractivity contribution in [2.45, 2.75) is 38.8 Å². The zero-order chi connectivity index (χ0) is 23.8. The number of carboxylic acid groups (broad SMARTS) is 1. The minimum absolute atomic E-state index is 0. The molecule has 0 spiro atoms. The third kappa shape index (κ3) is 9.76. The van der Waals surface area contributed by atoms with E-state index in [1.54, 1.807) is 23.2 Å². The number of anilines is 1. The maximum Gasteiger partial charge on any atom is 0.416 e. The molecule has 2 heterocycles. The Balaban J connectivity index is 0.00000306. The molecule has 10 heteroatoms. The first kappa shape index (κ1) is 30.2. The number of aromatic nitrogens is 1. The van der Waals surface area contributed by atoms with Gasteiger partial charge in [0.2, 0.25) is 0 Å². The van der Waals surface area contributed by atoms with Crippen LogP contribution >= 0.6 is 24.8 Å². The largest absolute Gasteiger partial charge is 0.492 e. The number of carbonyl (C=O) groups excluding carboxylic acids is 1. The number of hydrogen-bond acceptors (Lipinski definition) is 6. The molecule has 0 saturated carbocycles. The van der Waals surface area contributed by atoms with Crippen LogP contribution in [0, 0.1) is 0 Å². The Hall–Kier alpha value is -2.81. The SMILES string of the molecule is CC(C)(C)OC(=O)N(c1ccc(/C=C/C(=O)O)cn1)[C@@H]1CCN(CCOc2ccccc2)C1.Cl.Cl. The minimum atomic E-state index is -1.03. The standard InChI is InChI=1S/C25H31N3O5.2ClH/c1-25(2,3)33-24(31)28(22-11-9-19(17-26-22)10-12-23(29)30)20-13-14-27(18-20)15-16-32-21-7-5-4-6-8-21;;/h4-12,17,20H,13-16,18H2,1-3H3,(H,29,30);2*1H/b12-10+;;/t20-;;/m1../s1. The first-order valence-electron chi connectivity index (χ1n) is 11.0. The van der Waals surface area contributed by atoms with E-state index in [0.717, 1.165) is 31.3 Å². The average molecular weight is 526 g/mol. The zero-order valence-corrected chi connectivity index (χ0v) is 21.8. The monoisotopic (exact) mass is 525 g/mol. The van der Waals surface area contributed by atoms with Crippen LogP contribution in [0.3, 0.4) is 0 Å². The predicted octanol–water partition coefficient (Wildman–Crippen LogP) is 4.92. The first-order chi connectivity index (χ1) is 15.7. The van der Waals surface area contributed by atoms with Gasteiger partial charge in [-0.3, -0.25) is 9.80 Å². The van der Waals surface area contributed by atoms with Crippen LogP contribution in [0.25, 0.3) is 6.08 Å². The summed E-state index contributed by atoms with van der Waals surface area (Å²) in [5, 5.41) is 8.80. The van der Waals surface area contributed by atoms with E-state index in [4.69, 9.17) is 14.6 Å². The van der Waals surface area contributed by atoms with Crippen molar-refractivity contribution >= 4 is 48.8 Å². The fraction of sp³-hybridized carbons (Fsp3) is 0.400. The van der Waals surface area contributed by atoms with Crippen LogP contribution in [0.2, 0.25) is 0 Å². The van der Waals surface area contributed by atoms with Crippen molar-refractivity contribution in [1.82, 2.24) is 9.88 Å². The number of aliphatic carboxylic acids is 1. The van der Waals surface area contributed by atoms with Gasteiger partial charge in [-0.15, -0.1) is 24.8 Å². The summed E-state index contributed by atoms with van der Waals surface area (Å²) in [6.07, 6.45) is 4.39. The number of carbonyl (C=O) groups is 2. The highest BCUT2D eigenvalue weighted by Crippen LogP contribution is 2.25. The summed E-state index contributed by atoms with van der Waals surface area (Å²) >= 11 is 0. The smallest absolute Gasteiger partial charge is 0.416 e. The molecule has 1 aliphatic heterocycles. The number of rotatable bonds is 8. The van der Waals surface area contributed by atoms with Gasteiger partial charge in [-0.2, -0.15) is 0 Å². The summed E-state index contributed by atoms with van der Waals surface area (Å²) in [6, 6.07) is 13.0. The van der Waals surface area contributed by atoms with Gasteiger partial charge in [0.05, 0.1) is 6.04 Å². The number of ether oxygens (including phenoxy) is 2. The number of likely N-dealkylation sites (tertiary alicyclic amines) is 1. The van der Waals surface area contributed by atoms with Crippen LogP contribution in [-0.4, -0.2) is 64.9 Å². The number of pyridine rings is 1. The Morgan fingerprint density at radius 2 is 1.89 bits per heavy atom. The van der Waals surface area contributed by atoms with Gasteiger partial charge in [0.25, 0.3) is 0 Å². The van der Waals surface area contributed by atoms with Crippen LogP contribution in [0.15, 0.2) is 54.7 Å². The van der Waals surface area contributed by atoms with Crippen LogP contribution in [0.4, 0.5) is 10.6 Å². The molecule has 1 aromatic heterocycles. The lowest BCUT2D eigenvalue weighted by Crippen LogP contribution is -2.45. The number of carboxylic acids is 1. The number of hydrogen-bond donors (Lipinski definition) is 1. The minimum Gasteiger partial charge on any atom is -0.492 e. The topological polar surface area (TPSA) is 92.2 Å².